The Bertz CT molecular complexity index is 1050. The van der Waals surface area contributed by atoms with E-state index in [-0.39, 0.29) is 66.4 Å². The number of ether oxygens (including phenoxy) is 1. The molecule has 43 heavy (non-hydrogen) atoms. The number of rotatable bonds is 16. The highest BCUT2D eigenvalue weighted by Gasteiger charge is 2.44. The second kappa shape index (κ2) is 15.5. The fourth-order valence-electron chi connectivity index (χ4n) is 5.87. The molecule has 0 spiro atoms. The SMILES string of the molecule is CCOP(=O)(C[C@H](CC(=O)CC[C@@H]1[C@@H]2C(=C[C@H](C)C[C@@H]2OC(=O)C(C)(C)CC)C=C[C@@H]1C)O[Si](C)(C)C(C)(C)C)OCC. The van der Waals surface area contributed by atoms with Gasteiger partial charge in [-0.25, -0.2) is 0 Å². The van der Waals surface area contributed by atoms with E-state index in [4.69, 9.17) is 18.2 Å². The molecule has 0 unspecified atom stereocenters. The summed E-state index contributed by atoms with van der Waals surface area (Å²) in [5.41, 5.74) is 0.684. The van der Waals surface area contributed by atoms with Crippen LogP contribution in [0.2, 0.25) is 18.1 Å². The Morgan fingerprint density at radius 1 is 1.05 bits per heavy atom. The first-order valence-electron chi connectivity index (χ1n) is 16.5. The van der Waals surface area contributed by atoms with Gasteiger partial charge in [-0.2, -0.15) is 0 Å². The van der Waals surface area contributed by atoms with Gasteiger partial charge in [0.05, 0.1) is 30.9 Å². The van der Waals surface area contributed by atoms with Gasteiger partial charge in [-0.1, -0.05) is 59.8 Å². The van der Waals surface area contributed by atoms with Crippen molar-refractivity contribution in [2.75, 3.05) is 19.4 Å². The molecule has 2 aliphatic carbocycles. The third kappa shape index (κ3) is 10.5. The molecule has 0 aliphatic heterocycles. The molecular weight excluding hydrogens is 579 g/mol. The van der Waals surface area contributed by atoms with E-state index in [2.05, 4.69) is 65.9 Å². The Balaban J connectivity index is 2.26. The number of fused-ring (bicyclic) bond motifs is 1. The Morgan fingerprint density at radius 3 is 2.19 bits per heavy atom. The van der Waals surface area contributed by atoms with Crippen molar-refractivity contribution in [1.82, 2.24) is 0 Å². The lowest BCUT2D eigenvalue weighted by atomic mass is 9.65. The van der Waals surface area contributed by atoms with Crippen molar-refractivity contribution >= 4 is 27.7 Å². The summed E-state index contributed by atoms with van der Waals surface area (Å²) >= 11 is 0. The van der Waals surface area contributed by atoms with Crippen LogP contribution in [0.4, 0.5) is 0 Å². The number of esters is 1. The normalized spacial score (nSPS) is 25.6. The molecule has 0 heterocycles. The summed E-state index contributed by atoms with van der Waals surface area (Å²) in [5, 5.41) is -0.0704. The number of hydrogen-bond donors (Lipinski definition) is 0. The monoisotopic (exact) mass is 640 g/mol. The van der Waals surface area contributed by atoms with Crippen LogP contribution < -0.4 is 0 Å². The first-order chi connectivity index (χ1) is 19.8. The topological polar surface area (TPSA) is 88.1 Å². The molecule has 0 bridgehead atoms. The van der Waals surface area contributed by atoms with Crippen molar-refractivity contribution in [3.05, 3.63) is 23.8 Å². The van der Waals surface area contributed by atoms with Crippen LogP contribution in [0.5, 0.6) is 0 Å². The van der Waals surface area contributed by atoms with Gasteiger partial charge < -0.3 is 18.2 Å². The zero-order valence-electron chi connectivity index (χ0n) is 29.2. The molecule has 248 valence electrons. The second-order valence-corrected chi connectivity index (χ2v) is 21.7. The molecule has 0 aromatic heterocycles. The van der Waals surface area contributed by atoms with Crippen LogP contribution in [0.25, 0.3) is 0 Å². The minimum absolute atomic E-state index is 0.0636. The highest BCUT2D eigenvalue weighted by atomic mass is 31.2. The average molecular weight is 641 g/mol. The number of carbonyl (C=O) groups is 2. The van der Waals surface area contributed by atoms with Gasteiger partial charge in [0, 0.05) is 18.8 Å². The van der Waals surface area contributed by atoms with E-state index in [1.165, 1.54) is 5.57 Å². The lowest BCUT2D eigenvalue weighted by molar-refractivity contribution is -0.164. The smallest absolute Gasteiger partial charge is 0.333 e. The quantitative estimate of drug-likeness (QED) is 0.0944. The van der Waals surface area contributed by atoms with Crippen LogP contribution in [0.3, 0.4) is 0 Å². The highest BCUT2D eigenvalue weighted by Crippen LogP contribution is 2.51. The van der Waals surface area contributed by atoms with E-state index in [1.54, 1.807) is 13.8 Å². The minimum Gasteiger partial charge on any atom is -0.461 e. The van der Waals surface area contributed by atoms with Crippen molar-refractivity contribution in [1.29, 1.82) is 0 Å². The van der Waals surface area contributed by atoms with Crippen LogP contribution in [0, 0.1) is 29.1 Å². The van der Waals surface area contributed by atoms with Gasteiger partial charge in [0.15, 0.2) is 8.32 Å². The average Bonchev–Trinajstić information content (AvgIpc) is 2.87. The van der Waals surface area contributed by atoms with E-state index >= 15 is 0 Å². The van der Waals surface area contributed by atoms with E-state index in [1.807, 2.05) is 20.8 Å². The van der Waals surface area contributed by atoms with Gasteiger partial charge in [0.1, 0.15) is 11.9 Å². The molecule has 6 atom stereocenters. The van der Waals surface area contributed by atoms with Crippen LogP contribution in [0.15, 0.2) is 23.8 Å². The molecule has 0 radical (unpaired) electrons. The maximum absolute atomic E-state index is 13.6. The number of carbonyl (C=O) groups excluding carboxylic acids is 2. The molecule has 0 aromatic rings. The number of Topliss-reactive ketones (excluding diaryl/α,β-unsaturated/α-hetero) is 1. The van der Waals surface area contributed by atoms with Gasteiger partial charge in [-0.15, -0.1) is 0 Å². The summed E-state index contributed by atoms with van der Waals surface area (Å²) in [4.78, 5) is 26.8. The zero-order valence-corrected chi connectivity index (χ0v) is 31.1. The molecule has 0 aromatic carbocycles. The summed E-state index contributed by atoms with van der Waals surface area (Å²) in [5.74, 6) is 0.737. The Morgan fingerprint density at radius 2 is 1.65 bits per heavy atom. The van der Waals surface area contributed by atoms with Gasteiger partial charge in [-0.05, 0) is 88.4 Å². The zero-order chi connectivity index (χ0) is 32.8. The molecule has 0 N–H and O–H groups in total. The van der Waals surface area contributed by atoms with E-state index in [0.29, 0.717) is 25.2 Å². The number of ketones is 1. The fraction of sp³-hybridized carbons (Fsp3) is 0.824. The first-order valence-corrected chi connectivity index (χ1v) is 21.1. The summed E-state index contributed by atoms with van der Waals surface area (Å²) in [6.45, 7) is 25.1. The van der Waals surface area contributed by atoms with Crippen LogP contribution in [-0.2, 0) is 32.4 Å². The van der Waals surface area contributed by atoms with Gasteiger partial charge in [0.25, 0.3) is 0 Å². The molecular formula is C34H61O7PSi. The minimum atomic E-state index is -3.41. The van der Waals surface area contributed by atoms with E-state index < -0.39 is 27.4 Å². The largest absolute Gasteiger partial charge is 0.461 e. The standard InChI is InChI=1S/C34H61O7PSi/c1-13-34(9,10)32(36)40-30-21-24(4)20-26-17-16-25(5)29(31(26)30)19-18-27(35)22-28(41-43(11,12)33(6,7)8)23-42(37,38-14-2)39-15-3/h16-17,20,24-25,28-31H,13-15,18-19,21-23H2,1-12H3/t24-,25-,28-,29-,30-,31-/m0/s1. The van der Waals surface area contributed by atoms with Gasteiger partial charge in [0.2, 0.25) is 0 Å². The number of hydrogen-bond acceptors (Lipinski definition) is 7. The Kier molecular flexibility index (Phi) is 13.7. The van der Waals surface area contributed by atoms with Crippen LogP contribution in [0.1, 0.15) is 101 Å². The maximum Gasteiger partial charge on any atom is 0.333 e. The third-order valence-electron chi connectivity index (χ3n) is 9.85. The third-order valence-corrected chi connectivity index (χ3v) is 16.5. The lowest BCUT2D eigenvalue weighted by Gasteiger charge is -2.43. The van der Waals surface area contributed by atoms with Gasteiger partial charge >= 0.3 is 13.6 Å². The van der Waals surface area contributed by atoms with Crippen molar-refractivity contribution in [3.8, 4) is 0 Å². The number of allylic oxidation sites excluding steroid dienone is 3. The molecule has 0 fully saturated rings. The summed E-state index contributed by atoms with van der Waals surface area (Å²) in [7, 11) is -5.68. The summed E-state index contributed by atoms with van der Waals surface area (Å²) in [6.07, 6.45) is 8.78. The highest BCUT2D eigenvalue weighted by molar-refractivity contribution is 7.53. The van der Waals surface area contributed by atoms with Crippen molar-refractivity contribution in [2.24, 2.45) is 29.1 Å². The fourth-order valence-corrected chi connectivity index (χ4v) is 9.14. The Hall–Kier alpha value is -1.05. The lowest BCUT2D eigenvalue weighted by Crippen LogP contribution is -2.45. The molecule has 0 saturated carbocycles. The van der Waals surface area contributed by atoms with Crippen molar-refractivity contribution in [2.45, 2.75) is 132 Å². The molecule has 0 saturated heterocycles. The second-order valence-electron chi connectivity index (χ2n) is 14.9. The summed E-state index contributed by atoms with van der Waals surface area (Å²) < 4.78 is 37.6. The Labute approximate surface area is 263 Å². The molecule has 2 aliphatic rings. The van der Waals surface area contributed by atoms with E-state index in [0.717, 1.165) is 6.42 Å². The van der Waals surface area contributed by atoms with Crippen LogP contribution >= 0.6 is 7.60 Å². The first kappa shape index (κ1) is 38.1. The maximum atomic E-state index is 13.6. The molecule has 2 rings (SSSR count). The predicted molar refractivity (Wildman–Crippen MR) is 178 cm³/mol. The van der Waals surface area contributed by atoms with E-state index in [9.17, 15) is 14.2 Å². The van der Waals surface area contributed by atoms with Crippen molar-refractivity contribution in [3.63, 3.8) is 0 Å². The van der Waals surface area contributed by atoms with Crippen molar-refractivity contribution < 1.29 is 32.4 Å². The van der Waals surface area contributed by atoms with Gasteiger partial charge in [-0.3, -0.25) is 14.2 Å². The molecule has 0 amide bonds. The molecule has 7 nitrogen and oxygen atoms in total. The van der Waals surface area contributed by atoms with Crippen LogP contribution in [-0.4, -0.2) is 51.7 Å². The summed E-state index contributed by atoms with van der Waals surface area (Å²) in [6, 6.07) is 0. The predicted octanol–water partition coefficient (Wildman–Crippen LogP) is 9.13. The molecule has 9 heteroatoms.